The van der Waals surface area contributed by atoms with Gasteiger partial charge in [-0.1, -0.05) is 0 Å². The van der Waals surface area contributed by atoms with E-state index in [-0.39, 0.29) is 5.48 Å². The van der Waals surface area contributed by atoms with E-state index in [4.69, 9.17) is 10.2 Å². The lowest BCUT2D eigenvalue weighted by molar-refractivity contribution is -0.462. The number of carbonyl (C=O) groups excluding carboxylic acids is 6. The second kappa shape index (κ2) is 18.7. The molecule has 8 N–H and O–H groups in total. The summed E-state index contributed by atoms with van der Waals surface area (Å²) in [6, 6.07) is 0. The molecule has 6 unspecified atom stereocenters. The van der Waals surface area contributed by atoms with Crippen molar-refractivity contribution in [3.8, 4) is 0 Å². The van der Waals surface area contributed by atoms with Crippen molar-refractivity contribution in [2.45, 2.75) is 84.3 Å². The summed E-state index contributed by atoms with van der Waals surface area (Å²) in [5.41, 5.74) is 0. The number of hydrogen-bond acceptors (Lipinski definition) is 19. The van der Waals surface area contributed by atoms with Crippen molar-refractivity contribution in [2.75, 3.05) is 0 Å². The molecular weight excluding hydrogens is 548 g/mol. The Labute approximate surface area is 219 Å². The van der Waals surface area contributed by atoms with Gasteiger partial charge in [0, 0.05) is 5.04 Å². The Morgan fingerprint density at radius 1 is 0.436 bits per heavy atom. The second-order valence-electron chi connectivity index (χ2n) is 7.11. The Kier molecular flexibility index (Phi) is 19.2. The van der Waals surface area contributed by atoms with Crippen LogP contribution in [0, 0.1) is 0 Å². The van der Waals surface area contributed by atoms with E-state index in [0.29, 0.717) is 0 Å². The molecule has 0 bridgehead atoms. The summed E-state index contributed by atoms with van der Waals surface area (Å²) >= 11 is 0. The summed E-state index contributed by atoms with van der Waals surface area (Å²) in [5.74, 6) is -8.47. The predicted molar refractivity (Wildman–Crippen MR) is 114 cm³/mol. The van der Waals surface area contributed by atoms with Crippen LogP contribution in [-0.4, -0.2) is 115 Å². The van der Waals surface area contributed by atoms with Crippen LogP contribution >= 0.6 is 0 Å². The molecule has 0 aliphatic rings. The number of carbonyl (C=O) groups is 6. The minimum atomic E-state index is -3.52. The van der Waals surface area contributed by atoms with Gasteiger partial charge in [0.1, 0.15) is 24.4 Å². The largest absolute Gasteiger partial charge is 0.620 e. The highest BCUT2D eigenvalue weighted by molar-refractivity contribution is 5.79. The average Bonchev–Trinajstić information content (AvgIpc) is 2.78. The molecular formula is C19H32O20. The Bertz CT molecular complexity index is 700. The van der Waals surface area contributed by atoms with Gasteiger partial charge in [0.15, 0.2) is 12.2 Å². The van der Waals surface area contributed by atoms with Crippen LogP contribution in [-0.2, 0) is 62.5 Å². The molecule has 228 valence electrons. The van der Waals surface area contributed by atoms with Gasteiger partial charge in [-0.15, -0.1) is 0 Å². The molecule has 0 aromatic heterocycles. The van der Waals surface area contributed by atoms with Crippen molar-refractivity contribution in [3.05, 3.63) is 0 Å². The van der Waals surface area contributed by atoms with Crippen molar-refractivity contribution in [1.29, 1.82) is 0 Å². The normalized spacial score (nSPS) is 16.3. The summed E-state index contributed by atoms with van der Waals surface area (Å²) < 4.78 is 17.6. The molecule has 0 spiro atoms. The van der Waals surface area contributed by atoms with E-state index in [1.54, 1.807) is 0 Å². The monoisotopic (exact) mass is 580 g/mol. The van der Waals surface area contributed by atoms with Gasteiger partial charge < -0.3 is 55.1 Å². The van der Waals surface area contributed by atoms with Gasteiger partial charge in [0.25, 0.3) is 0 Å². The first-order valence-electron chi connectivity index (χ1n) is 10.3. The predicted octanol–water partition coefficient (Wildman–Crippen LogP) is -4.85. The smallest absolute Gasteiger partial charge is 0.412 e. The zero-order valence-electron chi connectivity index (χ0n) is 21.5. The molecule has 0 aromatic rings. The van der Waals surface area contributed by atoms with E-state index >= 15 is 0 Å². The fourth-order valence-electron chi connectivity index (χ4n) is 1.18. The summed E-state index contributed by atoms with van der Waals surface area (Å²) in [5, 5.41) is 57.4. The molecule has 0 fully saturated rings. The number of ether oxygens (including phenoxy) is 4. The van der Waals surface area contributed by atoms with Gasteiger partial charge in [-0.3, -0.25) is 9.78 Å². The quantitative estimate of drug-likeness (QED) is 0.0545. The fraction of sp³-hybridized carbons (Fsp3) is 0.684. The lowest BCUT2D eigenvalue weighted by Crippen LogP contribution is -2.52. The molecule has 0 radical (unpaired) electrons. The van der Waals surface area contributed by atoms with Crippen molar-refractivity contribution in [1.82, 2.24) is 0 Å². The highest BCUT2D eigenvalue weighted by Crippen LogP contribution is 2.22. The third kappa shape index (κ3) is 16.9. The van der Waals surface area contributed by atoms with Crippen LogP contribution in [0.4, 0.5) is 0 Å². The van der Waals surface area contributed by atoms with Crippen molar-refractivity contribution in [3.63, 3.8) is 0 Å². The van der Waals surface area contributed by atoms with Gasteiger partial charge in [-0.2, -0.15) is 0 Å². The molecule has 0 saturated heterocycles. The zero-order chi connectivity index (χ0) is 30.4. The van der Waals surface area contributed by atoms with Crippen molar-refractivity contribution < 1.29 is 98.6 Å². The van der Waals surface area contributed by atoms with Crippen LogP contribution in [0.25, 0.3) is 0 Å². The zero-order valence-corrected chi connectivity index (χ0v) is 21.5. The Morgan fingerprint density at radius 2 is 0.615 bits per heavy atom. The van der Waals surface area contributed by atoms with Gasteiger partial charge in [-0.25, -0.2) is 28.8 Å². The van der Waals surface area contributed by atoms with E-state index in [0.717, 1.165) is 41.5 Å². The lowest BCUT2D eigenvalue weighted by Gasteiger charge is -2.30. The standard InChI is InChI=1S/C13H20O12.C6H10O7.H2O/c1-5(14)9(18)22-13(23-10(19)6(2)15,24-11(20)7(3)16)25-12(21)8(4)17;1-3(7)5(9)11-13-12-6(10)4(2)8;/h5-8,14-17H,1-4H3;3-4,7-8H,1-2H3;1H2. The van der Waals surface area contributed by atoms with Gasteiger partial charge >= 0.3 is 42.0 Å². The molecule has 0 aliphatic heterocycles. The van der Waals surface area contributed by atoms with Crippen molar-refractivity contribution in [2.24, 2.45) is 0 Å². The molecule has 0 rings (SSSR count). The highest BCUT2D eigenvalue weighted by atomic mass is 17.5. The topological polar surface area (TPSA) is 320 Å². The van der Waals surface area contributed by atoms with Crippen LogP contribution in [0.5, 0.6) is 0 Å². The van der Waals surface area contributed by atoms with E-state index in [9.17, 15) is 49.2 Å². The summed E-state index contributed by atoms with van der Waals surface area (Å²) in [6.07, 6.45) is -13.6. The Morgan fingerprint density at radius 3 is 0.769 bits per heavy atom. The maximum Gasteiger partial charge on any atom is 0.620 e. The van der Waals surface area contributed by atoms with E-state index in [2.05, 4.69) is 33.8 Å². The summed E-state index contributed by atoms with van der Waals surface area (Å²) in [7, 11) is 0. The molecule has 6 atom stereocenters. The molecule has 0 amide bonds. The fourth-order valence-corrected chi connectivity index (χ4v) is 1.18. The SMILES string of the molecule is CC(O)C(=O)OC(OC(=O)C(C)O)(OC(=O)C(C)O)OC(=O)C(C)O.CC(O)C(=O)OOOC(=O)C(C)O.O. The number of rotatable bonds is 12. The lowest BCUT2D eigenvalue weighted by atomic mass is 10.4. The molecule has 0 saturated carbocycles. The number of aliphatic hydroxyl groups is 6. The van der Waals surface area contributed by atoms with Gasteiger partial charge in [0.05, 0.1) is 0 Å². The van der Waals surface area contributed by atoms with E-state index < -0.39 is 78.6 Å². The molecule has 0 heterocycles. The second-order valence-corrected chi connectivity index (χ2v) is 7.11. The minimum Gasteiger partial charge on any atom is -0.412 e. The summed E-state index contributed by atoms with van der Waals surface area (Å²) in [6.45, 7) is 5.99. The Hall–Kier alpha value is -3.50. The van der Waals surface area contributed by atoms with Gasteiger partial charge in [0.2, 0.25) is 0 Å². The number of esters is 4. The van der Waals surface area contributed by atoms with Crippen LogP contribution in [0.2, 0.25) is 0 Å². The third-order valence-electron chi connectivity index (χ3n) is 3.18. The van der Waals surface area contributed by atoms with Crippen LogP contribution in [0.1, 0.15) is 41.5 Å². The van der Waals surface area contributed by atoms with Crippen LogP contribution < -0.4 is 0 Å². The molecule has 0 aromatic carbocycles. The van der Waals surface area contributed by atoms with E-state index in [1.165, 1.54) is 0 Å². The number of hydrogen-bond donors (Lipinski definition) is 6. The minimum absolute atomic E-state index is 0. The maximum absolute atomic E-state index is 11.6. The van der Waals surface area contributed by atoms with Gasteiger partial charge in [-0.05, 0) is 41.5 Å². The number of aliphatic hydroxyl groups excluding tert-OH is 6. The third-order valence-corrected chi connectivity index (χ3v) is 3.18. The molecule has 20 heteroatoms. The van der Waals surface area contributed by atoms with Crippen LogP contribution in [0.3, 0.4) is 0 Å². The Balaban J connectivity index is -0.000000783. The van der Waals surface area contributed by atoms with Crippen LogP contribution in [0.15, 0.2) is 0 Å². The first-order chi connectivity index (χ1) is 17.3. The highest BCUT2D eigenvalue weighted by Gasteiger charge is 2.52. The maximum atomic E-state index is 11.6. The molecule has 39 heavy (non-hydrogen) atoms. The van der Waals surface area contributed by atoms with E-state index in [1.807, 2.05) is 0 Å². The summed E-state index contributed by atoms with van der Waals surface area (Å²) in [4.78, 5) is 74.8. The van der Waals surface area contributed by atoms with Crippen molar-refractivity contribution >= 4 is 35.8 Å². The average molecular weight is 580 g/mol. The molecule has 20 nitrogen and oxygen atoms in total. The first kappa shape index (κ1) is 40.0. The molecule has 0 aliphatic carbocycles. The first-order valence-corrected chi connectivity index (χ1v) is 10.3.